The normalized spacial score (nSPS) is 18.8. The fraction of sp³-hybridized carbons (Fsp3) is 0.364. The van der Waals surface area contributed by atoms with Crippen molar-refractivity contribution in [3.63, 3.8) is 0 Å². The Morgan fingerprint density at radius 3 is 1.72 bits per heavy atom. The Kier molecular flexibility index (Phi) is 5.52. The first-order valence-corrected chi connectivity index (χ1v) is 9.82. The molecule has 4 rings (SSSR count). The average Bonchev–Trinajstić information content (AvgIpc) is 2.99. The largest absolute Gasteiger partial charge is 0.416 e. The molecule has 2 heterocycles. The van der Waals surface area contributed by atoms with Crippen LogP contribution in [0.5, 0.6) is 0 Å². The zero-order valence-electron chi connectivity index (χ0n) is 16.5. The lowest BCUT2D eigenvalue weighted by molar-refractivity contribution is -0.143. The number of nitrogens with zero attached hydrogens (tertiary/aromatic N) is 1. The minimum atomic E-state index is -5.04. The molecule has 2 aromatic rings. The Bertz CT molecular complexity index is 989. The molecule has 170 valence electrons. The molecular formula is C22H17F6NO3. The zero-order chi connectivity index (χ0) is 23.3. The number of imide groups is 1. The summed E-state index contributed by atoms with van der Waals surface area (Å²) in [6, 6.07) is 5.81. The average molecular weight is 457 g/mol. The molecule has 0 N–H and O–H groups in total. The van der Waals surface area contributed by atoms with Gasteiger partial charge in [-0.05, 0) is 54.7 Å². The second kappa shape index (κ2) is 7.91. The quantitative estimate of drug-likeness (QED) is 0.453. The lowest BCUT2D eigenvalue weighted by atomic mass is 9.84. The highest BCUT2D eigenvalue weighted by Crippen LogP contribution is 2.44. The van der Waals surface area contributed by atoms with Crippen LogP contribution < -0.4 is 0 Å². The van der Waals surface area contributed by atoms with E-state index in [1.54, 1.807) is 0 Å². The summed E-state index contributed by atoms with van der Waals surface area (Å²) in [5.74, 6) is -2.04. The molecule has 1 atom stereocenters. The van der Waals surface area contributed by atoms with E-state index in [4.69, 9.17) is 4.74 Å². The number of fused-ring (bicyclic) bond motifs is 1. The van der Waals surface area contributed by atoms with Gasteiger partial charge in [0.1, 0.15) is 0 Å². The third-order valence-electron chi connectivity index (χ3n) is 5.77. The van der Waals surface area contributed by atoms with E-state index < -0.39 is 47.3 Å². The number of amides is 2. The van der Waals surface area contributed by atoms with Gasteiger partial charge in [0.25, 0.3) is 11.8 Å². The van der Waals surface area contributed by atoms with Crippen LogP contribution >= 0.6 is 0 Å². The van der Waals surface area contributed by atoms with Gasteiger partial charge in [-0.1, -0.05) is 12.1 Å². The van der Waals surface area contributed by atoms with Crippen LogP contribution in [0.1, 0.15) is 56.3 Å². The molecule has 32 heavy (non-hydrogen) atoms. The number of hydrogen-bond acceptors (Lipinski definition) is 3. The maximum atomic E-state index is 13.5. The summed E-state index contributed by atoms with van der Waals surface area (Å²) in [6.07, 6.45) is -9.54. The van der Waals surface area contributed by atoms with Gasteiger partial charge < -0.3 is 4.74 Å². The fourth-order valence-electron chi connectivity index (χ4n) is 4.27. The topological polar surface area (TPSA) is 46.6 Å². The molecule has 1 saturated heterocycles. The van der Waals surface area contributed by atoms with Crippen LogP contribution in [0.4, 0.5) is 26.3 Å². The van der Waals surface area contributed by atoms with E-state index in [0.29, 0.717) is 12.1 Å². The number of alkyl halides is 6. The number of carbonyl (C=O) groups is 2. The lowest BCUT2D eigenvalue weighted by Gasteiger charge is -2.36. The van der Waals surface area contributed by atoms with Crippen LogP contribution in [0.25, 0.3) is 0 Å². The molecule has 0 aliphatic carbocycles. The van der Waals surface area contributed by atoms with E-state index >= 15 is 0 Å². The maximum absolute atomic E-state index is 13.5. The molecule has 1 fully saturated rings. The first kappa shape index (κ1) is 22.3. The molecule has 2 aromatic carbocycles. The van der Waals surface area contributed by atoms with Crippen LogP contribution in [-0.4, -0.2) is 29.9 Å². The van der Waals surface area contributed by atoms with Crippen molar-refractivity contribution in [1.29, 1.82) is 0 Å². The molecule has 4 nitrogen and oxygen atoms in total. The summed E-state index contributed by atoms with van der Waals surface area (Å²) < 4.78 is 86.0. The summed E-state index contributed by atoms with van der Waals surface area (Å²) in [7, 11) is 0. The summed E-state index contributed by atoms with van der Waals surface area (Å²) in [5.41, 5.74) is -3.23. The number of benzene rings is 2. The van der Waals surface area contributed by atoms with Crippen molar-refractivity contribution >= 4 is 11.8 Å². The van der Waals surface area contributed by atoms with E-state index in [1.165, 1.54) is 24.3 Å². The number of carbonyl (C=O) groups excluding carboxylic acids is 2. The number of ether oxygens (including phenoxy) is 1. The monoisotopic (exact) mass is 457 g/mol. The maximum Gasteiger partial charge on any atom is 0.416 e. The Labute approximate surface area is 178 Å². The van der Waals surface area contributed by atoms with E-state index in [9.17, 15) is 35.9 Å². The molecule has 1 unspecified atom stereocenters. The van der Waals surface area contributed by atoms with Crippen molar-refractivity contribution in [2.75, 3.05) is 13.2 Å². The first-order chi connectivity index (χ1) is 15.0. The predicted molar refractivity (Wildman–Crippen MR) is 99.7 cm³/mol. The van der Waals surface area contributed by atoms with Crippen molar-refractivity contribution < 1.29 is 40.7 Å². The number of rotatable bonds is 3. The van der Waals surface area contributed by atoms with Crippen molar-refractivity contribution in [2.24, 2.45) is 5.92 Å². The lowest BCUT2D eigenvalue weighted by Crippen LogP contribution is -2.40. The molecule has 0 radical (unpaired) electrons. The second-order valence-electron chi connectivity index (χ2n) is 7.76. The summed E-state index contributed by atoms with van der Waals surface area (Å²) in [6.45, 7) is 0.435. The van der Waals surface area contributed by atoms with E-state index in [2.05, 4.69) is 0 Å². The van der Waals surface area contributed by atoms with E-state index in [1.807, 2.05) is 0 Å². The van der Waals surface area contributed by atoms with Gasteiger partial charge in [0, 0.05) is 13.2 Å². The van der Waals surface area contributed by atoms with Crippen molar-refractivity contribution in [3.8, 4) is 0 Å². The number of halogens is 6. The summed E-state index contributed by atoms with van der Waals surface area (Å²) in [4.78, 5) is 26.9. The Morgan fingerprint density at radius 1 is 0.812 bits per heavy atom. The van der Waals surface area contributed by atoms with Gasteiger partial charge in [0.05, 0.1) is 28.3 Å². The van der Waals surface area contributed by atoms with Gasteiger partial charge in [0.2, 0.25) is 0 Å². The third kappa shape index (κ3) is 3.99. The molecule has 0 spiro atoms. The molecule has 2 aliphatic heterocycles. The molecule has 10 heteroatoms. The van der Waals surface area contributed by atoms with Crippen molar-refractivity contribution in [2.45, 2.75) is 31.2 Å². The van der Waals surface area contributed by atoms with E-state index in [0.717, 1.165) is 4.90 Å². The predicted octanol–water partition coefficient (Wildman–Crippen LogP) is 5.49. The van der Waals surface area contributed by atoms with Crippen LogP contribution in [0.3, 0.4) is 0 Å². The van der Waals surface area contributed by atoms with Crippen molar-refractivity contribution in [3.05, 3.63) is 70.3 Å². The van der Waals surface area contributed by atoms with Crippen LogP contribution in [0.2, 0.25) is 0 Å². The molecule has 0 saturated carbocycles. The molecule has 0 aromatic heterocycles. The van der Waals surface area contributed by atoms with Crippen molar-refractivity contribution in [1.82, 2.24) is 4.90 Å². The smallest absolute Gasteiger partial charge is 0.381 e. The Morgan fingerprint density at radius 2 is 1.28 bits per heavy atom. The van der Waals surface area contributed by atoms with Gasteiger partial charge in [-0.15, -0.1) is 0 Å². The highest BCUT2D eigenvalue weighted by Gasteiger charge is 2.45. The molecule has 0 bridgehead atoms. The SMILES string of the molecule is O=C1c2ccccc2C(=O)N1C(c1cc(C(F)(F)F)cc(C(F)(F)F)c1)C1CCOCC1. The minimum Gasteiger partial charge on any atom is -0.381 e. The van der Waals surface area contributed by atoms with Crippen LogP contribution in [0, 0.1) is 5.92 Å². The van der Waals surface area contributed by atoms with Gasteiger partial charge in [-0.3, -0.25) is 14.5 Å². The highest BCUT2D eigenvalue weighted by molar-refractivity contribution is 6.21. The van der Waals surface area contributed by atoms with Gasteiger partial charge in [0.15, 0.2) is 0 Å². The molecular weight excluding hydrogens is 440 g/mol. The van der Waals surface area contributed by atoms with Crippen LogP contribution in [-0.2, 0) is 17.1 Å². The fourth-order valence-corrected chi connectivity index (χ4v) is 4.27. The number of hydrogen-bond donors (Lipinski definition) is 0. The second-order valence-corrected chi connectivity index (χ2v) is 7.76. The standard InChI is InChI=1S/C22H17F6NO3/c23-21(24,25)14-9-13(10-15(11-14)22(26,27)28)18(12-5-7-32-8-6-12)29-19(30)16-3-1-2-4-17(16)20(29)31/h1-4,9-12,18H,5-8H2. The first-order valence-electron chi connectivity index (χ1n) is 9.82. The molecule has 2 aliphatic rings. The van der Waals surface area contributed by atoms with Gasteiger partial charge >= 0.3 is 12.4 Å². The summed E-state index contributed by atoms with van der Waals surface area (Å²) >= 11 is 0. The minimum absolute atomic E-state index is 0.0346. The van der Waals surface area contributed by atoms with E-state index in [-0.39, 0.29) is 48.8 Å². The Balaban J connectivity index is 1.89. The highest BCUT2D eigenvalue weighted by atomic mass is 19.4. The summed E-state index contributed by atoms with van der Waals surface area (Å²) in [5, 5.41) is 0. The zero-order valence-corrected chi connectivity index (χ0v) is 16.5. The Hall–Kier alpha value is -2.88. The third-order valence-corrected chi connectivity index (χ3v) is 5.77. The van der Waals surface area contributed by atoms with Crippen LogP contribution in [0.15, 0.2) is 42.5 Å². The van der Waals surface area contributed by atoms with Gasteiger partial charge in [-0.25, -0.2) is 0 Å². The van der Waals surface area contributed by atoms with Gasteiger partial charge in [-0.2, -0.15) is 26.3 Å². The molecule has 2 amide bonds.